The lowest BCUT2D eigenvalue weighted by molar-refractivity contribution is 0.0730. The van der Waals surface area contributed by atoms with Crippen molar-refractivity contribution in [1.82, 2.24) is 9.29 Å². The van der Waals surface area contributed by atoms with Crippen LogP contribution in [0.1, 0.15) is 5.56 Å². The number of pyridine rings is 1. The molecule has 122 valence electrons. The van der Waals surface area contributed by atoms with Crippen molar-refractivity contribution < 1.29 is 13.2 Å². The van der Waals surface area contributed by atoms with Gasteiger partial charge in [0.25, 0.3) is 0 Å². The van der Waals surface area contributed by atoms with Gasteiger partial charge in [-0.3, -0.25) is 0 Å². The summed E-state index contributed by atoms with van der Waals surface area (Å²) in [5.74, 6) is 0.684. The molecule has 1 aliphatic rings. The topological polar surface area (TPSA) is 59.5 Å². The van der Waals surface area contributed by atoms with Crippen molar-refractivity contribution in [2.24, 2.45) is 0 Å². The van der Waals surface area contributed by atoms with Crippen LogP contribution in [0.2, 0.25) is 0 Å². The molecular formula is C16H18N2O3S2. The van der Waals surface area contributed by atoms with Gasteiger partial charge < -0.3 is 4.74 Å². The van der Waals surface area contributed by atoms with Crippen LogP contribution in [-0.4, -0.2) is 44.0 Å². The molecule has 2 heterocycles. The van der Waals surface area contributed by atoms with Gasteiger partial charge in [0.15, 0.2) is 0 Å². The zero-order valence-corrected chi connectivity index (χ0v) is 14.2. The molecule has 0 radical (unpaired) electrons. The number of hydrogen-bond donors (Lipinski definition) is 0. The molecular weight excluding hydrogens is 332 g/mol. The average Bonchev–Trinajstić information content (AvgIpc) is 2.62. The number of sulfonamides is 1. The normalized spacial score (nSPS) is 16.3. The molecule has 0 unspecified atom stereocenters. The largest absolute Gasteiger partial charge is 0.379 e. The average molecular weight is 350 g/mol. The first-order valence-electron chi connectivity index (χ1n) is 7.37. The zero-order chi connectivity index (χ0) is 16.1. The summed E-state index contributed by atoms with van der Waals surface area (Å²) in [6.07, 6.45) is 1.75. The summed E-state index contributed by atoms with van der Waals surface area (Å²) in [4.78, 5) is 4.61. The van der Waals surface area contributed by atoms with E-state index in [1.165, 1.54) is 4.31 Å². The fourth-order valence-electron chi connectivity index (χ4n) is 2.32. The van der Waals surface area contributed by atoms with E-state index in [4.69, 9.17) is 4.74 Å². The van der Waals surface area contributed by atoms with E-state index in [2.05, 4.69) is 4.98 Å². The first-order chi connectivity index (χ1) is 11.2. The van der Waals surface area contributed by atoms with Gasteiger partial charge in [-0.15, -0.1) is 11.8 Å². The maximum Gasteiger partial charge on any atom is 0.243 e. The highest BCUT2D eigenvalue weighted by molar-refractivity contribution is 7.98. The number of benzene rings is 1. The van der Waals surface area contributed by atoms with Gasteiger partial charge in [0, 0.05) is 25.0 Å². The smallest absolute Gasteiger partial charge is 0.243 e. The highest BCUT2D eigenvalue weighted by Crippen LogP contribution is 2.23. The number of nitrogens with zero attached hydrogens (tertiary/aromatic N) is 2. The molecule has 1 aliphatic heterocycles. The van der Waals surface area contributed by atoms with Gasteiger partial charge in [-0.1, -0.05) is 18.2 Å². The van der Waals surface area contributed by atoms with Gasteiger partial charge in [-0.2, -0.15) is 4.31 Å². The Morgan fingerprint density at radius 3 is 2.70 bits per heavy atom. The first kappa shape index (κ1) is 16.4. The Balaban J connectivity index is 1.74. The molecule has 0 atom stereocenters. The molecule has 0 amide bonds. The van der Waals surface area contributed by atoms with Crippen LogP contribution in [0.4, 0.5) is 0 Å². The monoisotopic (exact) mass is 350 g/mol. The number of ether oxygens (including phenoxy) is 1. The van der Waals surface area contributed by atoms with E-state index in [1.807, 2.05) is 24.3 Å². The molecule has 23 heavy (non-hydrogen) atoms. The quantitative estimate of drug-likeness (QED) is 0.775. The second-order valence-corrected chi connectivity index (χ2v) is 8.05. The second-order valence-electron chi connectivity index (χ2n) is 5.12. The van der Waals surface area contributed by atoms with Crippen molar-refractivity contribution in [3.8, 4) is 0 Å². The summed E-state index contributed by atoms with van der Waals surface area (Å²) in [5.41, 5.74) is 0.968. The molecule has 7 heteroatoms. The van der Waals surface area contributed by atoms with Crippen LogP contribution < -0.4 is 0 Å². The molecule has 5 nitrogen and oxygen atoms in total. The SMILES string of the molecule is O=S(=O)(c1cccc(CSc2ccccn2)c1)N1CCOCC1. The highest BCUT2D eigenvalue weighted by atomic mass is 32.2. The summed E-state index contributed by atoms with van der Waals surface area (Å²) in [5, 5.41) is 0.925. The van der Waals surface area contributed by atoms with Crippen molar-refractivity contribution in [2.75, 3.05) is 26.3 Å². The number of rotatable bonds is 5. The number of thioether (sulfide) groups is 1. The molecule has 3 rings (SSSR count). The van der Waals surface area contributed by atoms with Crippen LogP contribution in [0.5, 0.6) is 0 Å². The van der Waals surface area contributed by atoms with Crippen LogP contribution in [0.15, 0.2) is 58.6 Å². The molecule has 1 fully saturated rings. The Morgan fingerprint density at radius 2 is 1.96 bits per heavy atom. The van der Waals surface area contributed by atoms with E-state index < -0.39 is 10.0 Å². The van der Waals surface area contributed by atoms with E-state index >= 15 is 0 Å². The summed E-state index contributed by atoms with van der Waals surface area (Å²) >= 11 is 1.59. The van der Waals surface area contributed by atoms with Gasteiger partial charge in [0.05, 0.1) is 23.1 Å². The molecule has 2 aromatic rings. The molecule has 0 N–H and O–H groups in total. The lowest BCUT2D eigenvalue weighted by atomic mass is 10.2. The van der Waals surface area contributed by atoms with E-state index in [1.54, 1.807) is 36.2 Å². The van der Waals surface area contributed by atoms with Crippen LogP contribution in [0, 0.1) is 0 Å². The minimum absolute atomic E-state index is 0.346. The summed E-state index contributed by atoms with van der Waals surface area (Å²) in [7, 11) is -3.44. The Morgan fingerprint density at radius 1 is 1.13 bits per heavy atom. The standard InChI is InChI=1S/C16H18N2O3S2/c19-23(20,18-8-10-21-11-9-18)15-5-3-4-14(12-15)13-22-16-6-1-2-7-17-16/h1-7,12H,8-11,13H2. The predicted molar refractivity (Wildman–Crippen MR) is 89.8 cm³/mol. The summed E-state index contributed by atoms with van der Waals surface area (Å²) < 4.78 is 32.0. The van der Waals surface area contributed by atoms with Crippen LogP contribution in [0.25, 0.3) is 0 Å². The van der Waals surface area contributed by atoms with Crippen LogP contribution in [-0.2, 0) is 20.5 Å². The fraction of sp³-hybridized carbons (Fsp3) is 0.312. The predicted octanol–water partition coefficient (Wildman–Crippen LogP) is 2.39. The van der Waals surface area contributed by atoms with Crippen molar-refractivity contribution >= 4 is 21.8 Å². The molecule has 0 spiro atoms. The maximum absolute atomic E-state index is 12.7. The number of morpholine rings is 1. The lowest BCUT2D eigenvalue weighted by Crippen LogP contribution is -2.40. The van der Waals surface area contributed by atoms with Gasteiger partial charge in [-0.25, -0.2) is 13.4 Å². The molecule has 0 aliphatic carbocycles. The van der Waals surface area contributed by atoms with Crippen LogP contribution >= 0.6 is 11.8 Å². The Hall–Kier alpha value is -1.41. The Labute approximate surface area is 140 Å². The minimum atomic E-state index is -3.44. The van der Waals surface area contributed by atoms with E-state index in [-0.39, 0.29) is 0 Å². The van der Waals surface area contributed by atoms with Gasteiger partial charge in [0.1, 0.15) is 0 Å². The van der Waals surface area contributed by atoms with Crippen molar-refractivity contribution in [3.05, 3.63) is 54.2 Å². The second kappa shape index (κ2) is 7.44. The van der Waals surface area contributed by atoms with E-state index in [9.17, 15) is 8.42 Å². The summed E-state index contributed by atoms with van der Waals surface area (Å²) in [6, 6.07) is 12.9. The molecule has 0 saturated carbocycles. The van der Waals surface area contributed by atoms with E-state index in [0.717, 1.165) is 10.6 Å². The van der Waals surface area contributed by atoms with Gasteiger partial charge >= 0.3 is 0 Å². The number of aromatic nitrogens is 1. The summed E-state index contributed by atoms with van der Waals surface area (Å²) in [6.45, 7) is 1.73. The third-order valence-electron chi connectivity index (χ3n) is 3.53. The zero-order valence-electron chi connectivity index (χ0n) is 12.6. The third kappa shape index (κ3) is 4.11. The highest BCUT2D eigenvalue weighted by Gasteiger charge is 2.26. The molecule has 1 aromatic heterocycles. The molecule has 0 bridgehead atoms. The van der Waals surface area contributed by atoms with Crippen molar-refractivity contribution in [1.29, 1.82) is 0 Å². The maximum atomic E-state index is 12.7. The fourth-order valence-corrected chi connectivity index (χ4v) is 4.60. The minimum Gasteiger partial charge on any atom is -0.379 e. The molecule has 1 saturated heterocycles. The third-order valence-corrected chi connectivity index (χ3v) is 6.44. The first-order valence-corrected chi connectivity index (χ1v) is 9.79. The Bertz CT molecular complexity index is 745. The molecule has 1 aromatic carbocycles. The lowest BCUT2D eigenvalue weighted by Gasteiger charge is -2.26. The van der Waals surface area contributed by atoms with E-state index in [0.29, 0.717) is 37.0 Å². The van der Waals surface area contributed by atoms with Crippen LogP contribution in [0.3, 0.4) is 0 Å². The number of hydrogen-bond acceptors (Lipinski definition) is 5. The van der Waals surface area contributed by atoms with Gasteiger partial charge in [-0.05, 0) is 29.8 Å². The van der Waals surface area contributed by atoms with Gasteiger partial charge in [0.2, 0.25) is 10.0 Å². The van der Waals surface area contributed by atoms with Crippen molar-refractivity contribution in [2.45, 2.75) is 15.7 Å². The van der Waals surface area contributed by atoms with Crippen molar-refractivity contribution in [3.63, 3.8) is 0 Å². The Kier molecular flexibility index (Phi) is 5.32.